The summed E-state index contributed by atoms with van der Waals surface area (Å²) >= 11 is 0. The van der Waals surface area contributed by atoms with Crippen molar-refractivity contribution >= 4 is 5.91 Å². The molecule has 0 unspecified atom stereocenters. The van der Waals surface area contributed by atoms with Gasteiger partial charge in [0.15, 0.2) is 5.69 Å². The average Bonchev–Trinajstić information content (AvgIpc) is 3.05. The Morgan fingerprint density at radius 3 is 2.85 bits per heavy atom. The molecule has 0 saturated heterocycles. The Kier molecular flexibility index (Phi) is 5.15. The Labute approximate surface area is 161 Å². The van der Waals surface area contributed by atoms with Crippen molar-refractivity contribution in [1.82, 2.24) is 14.7 Å². The van der Waals surface area contributed by atoms with Gasteiger partial charge in [-0.2, -0.15) is 5.10 Å². The summed E-state index contributed by atoms with van der Waals surface area (Å²) in [4.78, 5) is 15.7. The molecule has 0 bridgehead atoms. The Morgan fingerprint density at radius 2 is 2.11 bits per heavy atom. The number of carbonyl (C=O) groups is 1. The number of benzene rings is 1. The molecular formula is C23H29N3O. The fraction of sp³-hybridized carbons (Fsp3) is 0.478. The zero-order valence-corrected chi connectivity index (χ0v) is 16.4. The topological polar surface area (TPSA) is 38.1 Å². The molecule has 0 aliphatic heterocycles. The summed E-state index contributed by atoms with van der Waals surface area (Å²) in [7, 11) is 1.90. The molecular weight excluding hydrogens is 334 g/mol. The van der Waals surface area contributed by atoms with Crippen molar-refractivity contribution in [3.8, 4) is 0 Å². The van der Waals surface area contributed by atoms with Crippen molar-refractivity contribution in [3.05, 3.63) is 65.0 Å². The summed E-state index contributed by atoms with van der Waals surface area (Å²) in [6, 6.07) is 10.7. The van der Waals surface area contributed by atoms with Gasteiger partial charge in [-0.05, 0) is 68.6 Å². The van der Waals surface area contributed by atoms with Crippen LogP contribution in [0.25, 0.3) is 0 Å². The largest absolute Gasteiger partial charge is 0.330 e. The predicted octanol–water partition coefficient (Wildman–Crippen LogP) is 4.60. The highest BCUT2D eigenvalue weighted by atomic mass is 16.2. The standard InChI is InChI=1S/C23H29N3O/c1-17-15-21(24-25(17)2)23(27)26(16-18-9-4-3-5-10-18)22-14-8-12-19-11-6-7-13-20(19)22/h3-4,6-7,11,13,15,18,22H,5,8-10,12,14,16H2,1-2H3/t18-,22+/m1/s1. The Morgan fingerprint density at radius 1 is 1.26 bits per heavy atom. The molecule has 4 heteroatoms. The molecule has 4 rings (SSSR count). The zero-order valence-electron chi connectivity index (χ0n) is 16.4. The number of carbonyl (C=O) groups excluding carboxylic acids is 1. The van der Waals surface area contributed by atoms with Crippen molar-refractivity contribution in [1.29, 1.82) is 0 Å². The van der Waals surface area contributed by atoms with E-state index in [1.54, 1.807) is 4.68 Å². The first kappa shape index (κ1) is 18.0. The number of amides is 1. The van der Waals surface area contributed by atoms with E-state index < -0.39 is 0 Å². The van der Waals surface area contributed by atoms with E-state index in [9.17, 15) is 4.79 Å². The highest BCUT2D eigenvalue weighted by molar-refractivity contribution is 5.92. The minimum absolute atomic E-state index is 0.0787. The van der Waals surface area contributed by atoms with Gasteiger partial charge in [0.2, 0.25) is 0 Å². The summed E-state index contributed by atoms with van der Waals surface area (Å²) in [6.45, 7) is 2.81. The lowest BCUT2D eigenvalue weighted by Crippen LogP contribution is -2.40. The smallest absolute Gasteiger partial charge is 0.274 e. The number of hydrogen-bond acceptors (Lipinski definition) is 2. The van der Waals surface area contributed by atoms with Crippen LogP contribution in [0.2, 0.25) is 0 Å². The van der Waals surface area contributed by atoms with Crippen LogP contribution in [0.4, 0.5) is 0 Å². The van der Waals surface area contributed by atoms with Crippen LogP contribution in [-0.4, -0.2) is 27.1 Å². The molecule has 2 aliphatic carbocycles. The lowest BCUT2D eigenvalue weighted by atomic mass is 9.85. The summed E-state index contributed by atoms with van der Waals surface area (Å²) < 4.78 is 1.80. The van der Waals surface area contributed by atoms with Crippen molar-refractivity contribution in [2.75, 3.05) is 6.54 Å². The fourth-order valence-corrected chi connectivity index (χ4v) is 4.52. The van der Waals surface area contributed by atoms with Gasteiger partial charge in [-0.1, -0.05) is 36.4 Å². The van der Waals surface area contributed by atoms with Crippen LogP contribution in [-0.2, 0) is 13.5 Å². The molecule has 2 aromatic rings. The maximum atomic E-state index is 13.5. The van der Waals surface area contributed by atoms with Crippen LogP contribution in [0.1, 0.15) is 65.5 Å². The van der Waals surface area contributed by atoms with Gasteiger partial charge in [-0.15, -0.1) is 0 Å². The van der Waals surface area contributed by atoms with Crippen LogP contribution < -0.4 is 0 Å². The molecule has 0 spiro atoms. The molecule has 0 fully saturated rings. The van der Waals surface area contributed by atoms with Gasteiger partial charge >= 0.3 is 0 Å². The minimum Gasteiger partial charge on any atom is -0.330 e. The minimum atomic E-state index is 0.0787. The number of aromatic nitrogens is 2. The van der Waals surface area contributed by atoms with E-state index in [0.717, 1.165) is 50.8 Å². The van der Waals surface area contributed by atoms with Crippen LogP contribution in [0.15, 0.2) is 42.5 Å². The van der Waals surface area contributed by atoms with Gasteiger partial charge in [0.1, 0.15) is 0 Å². The van der Waals surface area contributed by atoms with E-state index in [-0.39, 0.29) is 11.9 Å². The highest BCUT2D eigenvalue weighted by Gasteiger charge is 2.32. The van der Waals surface area contributed by atoms with Crippen molar-refractivity contribution in [2.24, 2.45) is 13.0 Å². The molecule has 1 aromatic carbocycles. The van der Waals surface area contributed by atoms with Gasteiger partial charge in [-0.25, -0.2) is 0 Å². The van der Waals surface area contributed by atoms with Gasteiger partial charge in [0.25, 0.3) is 5.91 Å². The molecule has 4 nitrogen and oxygen atoms in total. The van der Waals surface area contributed by atoms with Crippen LogP contribution in [0.5, 0.6) is 0 Å². The summed E-state index contributed by atoms with van der Waals surface area (Å²) in [5, 5.41) is 4.49. The molecule has 0 radical (unpaired) electrons. The molecule has 1 amide bonds. The Balaban J connectivity index is 1.67. The second-order valence-electron chi connectivity index (χ2n) is 8.01. The van der Waals surface area contributed by atoms with Crippen molar-refractivity contribution in [2.45, 2.75) is 51.5 Å². The second kappa shape index (κ2) is 7.71. The number of fused-ring (bicyclic) bond motifs is 1. The first-order valence-corrected chi connectivity index (χ1v) is 10.2. The molecule has 0 saturated carbocycles. The van der Waals surface area contributed by atoms with Gasteiger partial charge < -0.3 is 4.90 Å². The van der Waals surface area contributed by atoms with Gasteiger partial charge in [-0.3, -0.25) is 9.48 Å². The second-order valence-corrected chi connectivity index (χ2v) is 8.01. The SMILES string of the molecule is Cc1cc(C(=O)N(C[C@@H]2CC=CCC2)[C@H]2CCCc3ccccc32)nn1C. The van der Waals surface area contributed by atoms with Gasteiger partial charge in [0.05, 0.1) is 6.04 Å². The van der Waals surface area contributed by atoms with E-state index in [1.165, 1.54) is 11.1 Å². The molecule has 2 atom stereocenters. The number of rotatable bonds is 4. The normalized spacial score (nSPS) is 21.7. The molecule has 2 aliphatic rings. The molecule has 142 valence electrons. The molecule has 1 aromatic heterocycles. The number of aryl methyl sites for hydroxylation is 3. The maximum Gasteiger partial charge on any atom is 0.274 e. The summed E-state index contributed by atoms with van der Waals surface area (Å²) in [6.07, 6.45) is 11.2. The van der Waals surface area contributed by atoms with E-state index in [0.29, 0.717) is 11.6 Å². The number of nitrogens with zero attached hydrogens (tertiary/aromatic N) is 3. The fourth-order valence-electron chi connectivity index (χ4n) is 4.52. The van der Waals surface area contributed by atoms with Gasteiger partial charge in [0, 0.05) is 19.3 Å². The first-order chi connectivity index (χ1) is 13.1. The quantitative estimate of drug-likeness (QED) is 0.744. The van der Waals surface area contributed by atoms with Crippen LogP contribution in [0, 0.1) is 12.8 Å². The molecule has 1 heterocycles. The number of hydrogen-bond donors (Lipinski definition) is 0. The van der Waals surface area contributed by atoms with E-state index in [1.807, 2.05) is 20.0 Å². The van der Waals surface area contributed by atoms with E-state index >= 15 is 0 Å². The maximum absolute atomic E-state index is 13.5. The van der Waals surface area contributed by atoms with E-state index in [4.69, 9.17) is 0 Å². The Hall–Kier alpha value is -2.36. The summed E-state index contributed by atoms with van der Waals surface area (Å²) in [5.41, 5.74) is 4.32. The van der Waals surface area contributed by atoms with Crippen LogP contribution in [0.3, 0.4) is 0 Å². The zero-order chi connectivity index (χ0) is 18.8. The Bertz CT molecular complexity index is 832. The monoisotopic (exact) mass is 363 g/mol. The van der Waals surface area contributed by atoms with E-state index in [2.05, 4.69) is 46.4 Å². The van der Waals surface area contributed by atoms with Crippen LogP contribution >= 0.6 is 0 Å². The summed E-state index contributed by atoms with van der Waals surface area (Å²) in [5.74, 6) is 0.618. The lowest BCUT2D eigenvalue weighted by molar-refractivity contribution is 0.0605. The van der Waals surface area contributed by atoms with Crippen molar-refractivity contribution in [3.63, 3.8) is 0 Å². The molecule has 0 N–H and O–H groups in total. The third kappa shape index (κ3) is 3.71. The lowest BCUT2D eigenvalue weighted by Gasteiger charge is -2.38. The predicted molar refractivity (Wildman–Crippen MR) is 108 cm³/mol. The van der Waals surface area contributed by atoms with Crippen molar-refractivity contribution < 1.29 is 4.79 Å². The third-order valence-corrected chi connectivity index (χ3v) is 6.14. The molecule has 27 heavy (non-hydrogen) atoms. The third-order valence-electron chi connectivity index (χ3n) is 6.14. The average molecular weight is 364 g/mol. The number of allylic oxidation sites excluding steroid dienone is 2. The highest BCUT2D eigenvalue weighted by Crippen LogP contribution is 2.36. The first-order valence-electron chi connectivity index (χ1n) is 10.2.